The Morgan fingerprint density at radius 1 is 1.56 bits per heavy atom. The van der Waals surface area contributed by atoms with E-state index in [1.54, 1.807) is 24.0 Å². The summed E-state index contributed by atoms with van der Waals surface area (Å²) in [4.78, 5) is 10.7. The van der Waals surface area contributed by atoms with Gasteiger partial charge in [-0.15, -0.1) is 0 Å². The summed E-state index contributed by atoms with van der Waals surface area (Å²) in [6.07, 6.45) is 4.25. The van der Waals surface area contributed by atoms with Crippen LogP contribution in [0.4, 0.5) is 5.69 Å². The van der Waals surface area contributed by atoms with Crippen LogP contribution in [0.2, 0.25) is 0 Å². The Morgan fingerprint density at radius 3 is 2.78 bits per heavy atom. The molecule has 0 radical (unpaired) electrons. The Hall–Kier alpha value is -1.45. The summed E-state index contributed by atoms with van der Waals surface area (Å²) >= 11 is 2.11. The van der Waals surface area contributed by atoms with Crippen molar-refractivity contribution < 1.29 is 4.92 Å². The first-order chi connectivity index (χ1) is 8.54. The Kier molecular flexibility index (Phi) is 3.64. The molecule has 96 valence electrons. The highest BCUT2D eigenvalue weighted by atomic mass is 127. The maximum absolute atomic E-state index is 11.1. The molecule has 0 bridgehead atoms. The lowest BCUT2D eigenvalue weighted by Crippen LogP contribution is -2.09. The number of nitro groups is 1. The number of nitrogens with zero attached hydrogens (tertiary/aromatic N) is 5. The molecule has 0 unspecified atom stereocenters. The van der Waals surface area contributed by atoms with E-state index in [4.69, 9.17) is 0 Å². The predicted molar refractivity (Wildman–Crippen MR) is 73.7 cm³/mol. The van der Waals surface area contributed by atoms with Gasteiger partial charge >= 0.3 is 5.69 Å². The number of hydrogen-bond donors (Lipinski definition) is 0. The monoisotopic (exact) mass is 361 g/mol. The van der Waals surface area contributed by atoms with E-state index in [2.05, 4.69) is 32.8 Å². The van der Waals surface area contributed by atoms with Crippen molar-refractivity contribution in [2.45, 2.75) is 26.8 Å². The maximum Gasteiger partial charge on any atom is 0.336 e. The molecule has 2 heterocycles. The highest BCUT2D eigenvalue weighted by molar-refractivity contribution is 14.1. The second kappa shape index (κ2) is 5.04. The van der Waals surface area contributed by atoms with Crippen molar-refractivity contribution in [3.05, 3.63) is 31.8 Å². The Bertz CT molecular complexity index is 589. The van der Waals surface area contributed by atoms with Gasteiger partial charge in [0.05, 0.1) is 14.7 Å². The highest BCUT2D eigenvalue weighted by Gasteiger charge is 2.26. The molecule has 0 saturated carbocycles. The fourth-order valence-electron chi connectivity index (χ4n) is 1.78. The lowest BCUT2D eigenvalue weighted by molar-refractivity contribution is -0.385. The van der Waals surface area contributed by atoms with Crippen molar-refractivity contribution in [1.82, 2.24) is 19.6 Å². The van der Waals surface area contributed by atoms with Crippen LogP contribution in [0.1, 0.15) is 19.0 Å². The molecule has 18 heavy (non-hydrogen) atoms. The third-order valence-electron chi connectivity index (χ3n) is 2.46. The van der Waals surface area contributed by atoms with Crippen LogP contribution in [0.25, 0.3) is 5.82 Å². The van der Waals surface area contributed by atoms with E-state index >= 15 is 0 Å². The van der Waals surface area contributed by atoms with Crippen LogP contribution in [-0.4, -0.2) is 24.5 Å². The van der Waals surface area contributed by atoms with Gasteiger partial charge in [-0.1, -0.05) is 6.92 Å². The zero-order valence-electron chi connectivity index (χ0n) is 10.00. The van der Waals surface area contributed by atoms with Gasteiger partial charge in [0.2, 0.25) is 5.82 Å². The molecule has 8 heteroatoms. The SMILES string of the molecule is CCCn1nc(C)c([N+](=O)[O-])c1-n1cc(I)cn1. The molecular weight excluding hydrogens is 349 g/mol. The average molecular weight is 361 g/mol. The van der Waals surface area contributed by atoms with Gasteiger partial charge in [-0.05, 0) is 35.9 Å². The second-order valence-corrected chi connectivity index (χ2v) is 5.09. The van der Waals surface area contributed by atoms with E-state index < -0.39 is 4.92 Å². The Morgan fingerprint density at radius 2 is 2.28 bits per heavy atom. The first-order valence-corrected chi connectivity index (χ1v) is 6.54. The number of halogens is 1. The van der Waals surface area contributed by atoms with E-state index in [-0.39, 0.29) is 5.69 Å². The van der Waals surface area contributed by atoms with Crippen molar-refractivity contribution in [2.75, 3.05) is 0 Å². The predicted octanol–water partition coefficient (Wildman–Crippen LogP) is 2.30. The third kappa shape index (κ3) is 2.24. The fraction of sp³-hybridized carbons (Fsp3) is 0.400. The molecule has 0 aliphatic rings. The van der Waals surface area contributed by atoms with Gasteiger partial charge < -0.3 is 0 Å². The van der Waals surface area contributed by atoms with E-state index in [0.29, 0.717) is 18.1 Å². The smallest absolute Gasteiger partial charge is 0.258 e. The Labute approximate surface area is 117 Å². The quantitative estimate of drug-likeness (QED) is 0.476. The van der Waals surface area contributed by atoms with Crippen molar-refractivity contribution in [2.24, 2.45) is 0 Å². The topological polar surface area (TPSA) is 78.8 Å². The normalized spacial score (nSPS) is 10.8. The summed E-state index contributed by atoms with van der Waals surface area (Å²) in [5.74, 6) is 0.419. The van der Waals surface area contributed by atoms with Crippen molar-refractivity contribution >= 4 is 28.3 Å². The fourth-order valence-corrected chi connectivity index (χ4v) is 2.17. The number of hydrogen-bond acceptors (Lipinski definition) is 4. The maximum atomic E-state index is 11.1. The van der Waals surface area contributed by atoms with Gasteiger partial charge in [-0.2, -0.15) is 10.2 Å². The van der Waals surface area contributed by atoms with Crippen LogP contribution >= 0.6 is 22.6 Å². The molecule has 0 aliphatic heterocycles. The number of aromatic nitrogens is 4. The minimum Gasteiger partial charge on any atom is -0.258 e. The van der Waals surface area contributed by atoms with Crippen molar-refractivity contribution in [3.63, 3.8) is 0 Å². The average Bonchev–Trinajstić information content (AvgIpc) is 2.83. The van der Waals surface area contributed by atoms with Gasteiger partial charge in [0, 0.05) is 12.7 Å². The summed E-state index contributed by atoms with van der Waals surface area (Å²) < 4.78 is 4.07. The van der Waals surface area contributed by atoms with E-state index in [0.717, 1.165) is 9.99 Å². The summed E-state index contributed by atoms with van der Waals surface area (Å²) in [5, 5.41) is 19.5. The van der Waals surface area contributed by atoms with Crippen LogP contribution in [0.15, 0.2) is 12.4 Å². The van der Waals surface area contributed by atoms with Crippen LogP contribution in [0, 0.1) is 20.6 Å². The minimum atomic E-state index is -0.404. The van der Waals surface area contributed by atoms with Gasteiger partial charge in [-0.25, -0.2) is 9.36 Å². The lowest BCUT2D eigenvalue weighted by atomic mass is 10.4. The molecule has 2 aromatic rings. The molecule has 0 aromatic carbocycles. The molecule has 2 aromatic heterocycles. The zero-order chi connectivity index (χ0) is 13.3. The van der Waals surface area contributed by atoms with Crippen LogP contribution in [0.3, 0.4) is 0 Å². The van der Waals surface area contributed by atoms with Crippen molar-refractivity contribution in [3.8, 4) is 5.82 Å². The molecule has 0 N–H and O–H groups in total. The highest BCUT2D eigenvalue weighted by Crippen LogP contribution is 2.26. The minimum absolute atomic E-state index is 0.0166. The molecule has 0 saturated heterocycles. The summed E-state index contributed by atoms with van der Waals surface area (Å²) in [5.41, 5.74) is 0.428. The molecule has 0 spiro atoms. The zero-order valence-corrected chi connectivity index (χ0v) is 12.2. The number of aryl methyl sites for hydroxylation is 2. The van der Waals surface area contributed by atoms with Gasteiger partial charge in [0.1, 0.15) is 5.69 Å². The first kappa shape index (κ1) is 13.0. The van der Waals surface area contributed by atoms with Crippen LogP contribution < -0.4 is 0 Å². The summed E-state index contributed by atoms with van der Waals surface area (Å²) in [6, 6.07) is 0. The van der Waals surface area contributed by atoms with Gasteiger partial charge in [-0.3, -0.25) is 10.1 Å². The third-order valence-corrected chi connectivity index (χ3v) is 3.01. The lowest BCUT2D eigenvalue weighted by Gasteiger charge is -2.04. The Balaban J connectivity index is 2.64. The standard InChI is InChI=1S/C10H12IN5O2/c1-3-4-14-10(15-6-8(11)5-12-15)9(16(17)18)7(2)13-14/h5-6H,3-4H2,1-2H3. The van der Waals surface area contributed by atoms with Crippen LogP contribution in [0.5, 0.6) is 0 Å². The second-order valence-electron chi connectivity index (χ2n) is 3.84. The first-order valence-electron chi connectivity index (χ1n) is 5.47. The molecule has 0 fully saturated rings. The summed E-state index contributed by atoms with van der Waals surface area (Å²) in [6.45, 7) is 4.27. The molecular formula is C10H12IN5O2. The van der Waals surface area contributed by atoms with E-state index in [1.807, 2.05) is 6.92 Å². The van der Waals surface area contributed by atoms with Crippen LogP contribution in [-0.2, 0) is 6.54 Å². The molecule has 0 atom stereocenters. The molecule has 0 aliphatic carbocycles. The molecule has 2 rings (SSSR count). The largest absolute Gasteiger partial charge is 0.336 e. The van der Waals surface area contributed by atoms with E-state index in [9.17, 15) is 10.1 Å². The van der Waals surface area contributed by atoms with Crippen molar-refractivity contribution in [1.29, 1.82) is 0 Å². The van der Waals surface area contributed by atoms with Gasteiger partial charge in [0.25, 0.3) is 0 Å². The number of rotatable bonds is 4. The van der Waals surface area contributed by atoms with Gasteiger partial charge in [0.15, 0.2) is 0 Å². The molecule has 0 amide bonds. The summed E-state index contributed by atoms with van der Waals surface area (Å²) in [7, 11) is 0. The van der Waals surface area contributed by atoms with E-state index in [1.165, 1.54) is 4.68 Å². The molecule has 7 nitrogen and oxygen atoms in total.